The monoisotopic (exact) mass is 442 g/mol. The fourth-order valence-corrected chi connectivity index (χ4v) is 1.78. The van der Waals surface area contributed by atoms with E-state index in [1.807, 2.05) is 56.3 Å². The molecule has 0 fully saturated rings. The van der Waals surface area contributed by atoms with Crippen molar-refractivity contribution in [1.82, 2.24) is 10.2 Å². The van der Waals surface area contributed by atoms with Crippen LogP contribution in [-0.2, 0) is 20.1 Å². The number of benzene rings is 2. The molecule has 1 heterocycles. The first-order valence-corrected chi connectivity index (χ1v) is 6.11. The number of hydrogen-bond acceptors (Lipinski definition) is 3. The topological polar surface area (TPSA) is 38.9 Å². The Bertz CT molecular complexity index is 627. The fraction of sp³-hybridized carbons (Fsp3) is 0.125. The molecule has 3 rings (SSSR count). The average Bonchev–Trinajstić information content (AvgIpc) is 2.90. The van der Waals surface area contributed by atoms with Crippen LogP contribution in [0.2, 0.25) is 0 Å². The first-order chi connectivity index (χ1) is 9.22. The van der Waals surface area contributed by atoms with E-state index in [1.54, 1.807) is 0 Å². The number of rotatable bonds is 2. The van der Waals surface area contributed by atoms with Gasteiger partial charge in [-0.1, -0.05) is 30.2 Å². The summed E-state index contributed by atoms with van der Waals surface area (Å²) in [5.74, 6) is 1.03. The molecule has 3 aromatic rings. The number of aromatic nitrogens is 2. The molecule has 0 spiro atoms. The van der Waals surface area contributed by atoms with Crippen LogP contribution in [-0.4, -0.2) is 10.2 Å². The Morgan fingerprint density at radius 3 is 2.15 bits per heavy atom. The summed E-state index contributed by atoms with van der Waals surface area (Å²) in [6, 6.07) is 17.0. The molecule has 3 nitrogen and oxygen atoms in total. The maximum absolute atomic E-state index is 5.68. The van der Waals surface area contributed by atoms with E-state index in [1.165, 1.54) is 5.56 Å². The summed E-state index contributed by atoms with van der Waals surface area (Å²) < 4.78 is 5.68. The minimum absolute atomic E-state index is 0. The molecule has 4 heteroatoms. The van der Waals surface area contributed by atoms with Gasteiger partial charge in [0.05, 0.1) is 0 Å². The molecule has 0 aliphatic carbocycles. The Hall–Kier alpha value is -1.77. The predicted molar refractivity (Wildman–Crippen MR) is 73.5 cm³/mol. The first kappa shape index (κ1) is 14.6. The molecular formula is C16H13IrN2O-. The second-order valence-corrected chi connectivity index (χ2v) is 4.56. The van der Waals surface area contributed by atoms with Gasteiger partial charge in [-0.2, -0.15) is 5.10 Å². The Morgan fingerprint density at radius 2 is 1.50 bits per heavy atom. The zero-order valence-corrected chi connectivity index (χ0v) is 13.6. The maximum Gasteiger partial charge on any atom is 0.237 e. The largest absolute Gasteiger partial charge is 0.464 e. The minimum atomic E-state index is 0. The molecule has 0 saturated carbocycles. The zero-order chi connectivity index (χ0) is 13.2. The second-order valence-electron chi connectivity index (χ2n) is 4.56. The van der Waals surface area contributed by atoms with Crippen molar-refractivity contribution < 1.29 is 24.5 Å². The third kappa shape index (κ3) is 3.03. The molecule has 0 unspecified atom stereocenters. The second kappa shape index (κ2) is 6.12. The molecule has 0 saturated heterocycles. The van der Waals surface area contributed by atoms with E-state index in [4.69, 9.17) is 4.42 Å². The van der Waals surface area contributed by atoms with Crippen LogP contribution < -0.4 is 0 Å². The number of aryl methyl sites for hydroxylation is 2. The smallest absolute Gasteiger partial charge is 0.237 e. The molecule has 0 atom stereocenters. The normalized spacial score (nSPS) is 10.1. The van der Waals surface area contributed by atoms with Crippen molar-refractivity contribution in [1.29, 1.82) is 0 Å². The van der Waals surface area contributed by atoms with Crippen molar-refractivity contribution in [3.8, 4) is 22.9 Å². The Morgan fingerprint density at radius 1 is 0.850 bits per heavy atom. The molecule has 1 aromatic heterocycles. The van der Waals surface area contributed by atoms with E-state index in [2.05, 4.69) is 16.3 Å². The van der Waals surface area contributed by atoms with Gasteiger partial charge in [-0.05, 0) is 19.1 Å². The van der Waals surface area contributed by atoms with Crippen molar-refractivity contribution in [2.24, 2.45) is 0 Å². The van der Waals surface area contributed by atoms with Gasteiger partial charge in [-0.25, -0.2) is 0 Å². The van der Waals surface area contributed by atoms with Crippen LogP contribution in [0, 0.1) is 19.9 Å². The van der Waals surface area contributed by atoms with Crippen LogP contribution in [0.5, 0.6) is 0 Å². The quantitative estimate of drug-likeness (QED) is 0.568. The van der Waals surface area contributed by atoms with Gasteiger partial charge >= 0.3 is 0 Å². The molecule has 2 aromatic carbocycles. The Kier molecular flexibility index (Phi) is 4.48. The summed E-state index contributed by atoms with van der Waals surface area (Å²) in [6.07, 6.45) is 0. The van der Waals surface area contributed by atoms with Crippen LogP contribution in [0.1, 0.15) is 11.1 Å². The number of nitrogens with zero attached hydrogens (tertiary/aromatic N) is 2. The fourth-order valence-electron chi connectivity index (χ4n) is 1.78. The summed E-state index contributed by atoms with van der Waals surface area (Å²) in [4.78, 5) is 0. The Labute approximate surface area is 131 Å². The summed E-state index contributed by atoms with van der Waals surface area (Å²) in [5.41, 5.74) is 4.10. The standard InChI is InChI=1S/C16H13N2O.Ir/c1-11-3-7-13(8-4-11)15-17-18-16(19-15)14-9-5-12(2)6-10-14;/h3-9H,1-2H3;/q-1;. The van der Waals surface area contributed by atoms with Crippen molar-refractivity contribution in [3.05, 3.63) is 59.7 Å². The van der Waals surface area contributed by atoms with Crippen molar-refractivity contribution >= 4 is 0 Å². The minimum Gasteiger partial charge on any atom is -0.464 e. The third-order valence-corrected chi connectivity index (χ3v) is 2.92. The van der Waals surface area contributed by atoms with E-state index in [0.29, 0.717) is 11.8 Å². The van der Waals surface area contributed by atoms with Gasteiger partial charge in [0.25, 0.3) is 0 Å². The number of hydrogen-bond donors (Lipinski definition) is 0. The van der Waals surface area contributed by atoms with E-state index >= 15 is 0 Å². The maximum atomic E-state index is 5.68. The van der Waals surface area contributed by atoms with Crippen LogP contribution in [0.4, 0.5) is 0 Å². The van der Waals surface area contributed by atoms with Gasteiger partial charge in [0, 0.05) is 25.7 Å². The predicted octanol–water partition coefficient (Wildman–Crippen LogP) is 3.82. The van der Waals surface area contributed by atoms with Crippen LogP contribution >= 0.6 is 0 Å². The van der Waals surface area contributed by atoms with Crippen molar-refractivity contribution in [2.75, 3.05) is 0 Å². The van der Waals surface area contributed by atoms with E-state index < -0.39 is 0 Å². The molecule has 1 radical (unpaired) electrons. The SMILES string of the molecule is Cc1c[c-]c(-c2nnc(-c3ccc(C)cc3)o2)cc1.[Ir]. The summed E-state index contributed by atoms with van der Waals surface area (Å²) >= 11 is 0. The van der Waals surface area contributed by atoms with Gasteiger partial charge in [0.2, 0.25) is 5.89 Å². The van der Waals surface area contributed by atoms with Crippen LogP contribution in [0.25, 0.3) is 22.9 Å². The molecule has 0 bridgehead atoms. The molecule has 0 N–H and O–H groups in total. The zero-order valence-electron chi connectivity index (χ0n) is 11.2. The molecule has 0 aliphatic rings. The van der Waals surface area contributed by atoms with Gasteiger partial charge in [-0.3, -0.25) is 0 Å². The summed E-state index contributed by atoms with van der Waals surface area (Å²) in [7, 11) is 0. The van der Waals surface area contributed by atoms with Gasteiger partial charge in [0.15, 0.2) is 5.89 Å². The summed E-state index contributed by atoms with van der Waals surface area (Å²) in [5, 5.41) is 8.15. The molecular weight excluding hydrogens is 428 g/mol. The molecule has 0 aliphatic heterocycles. The van der Waals surface area contributed by atoms with E-state index in [9.17, 15) is 0 Å². The average molecular weight is 442 g/mol. The van der Waals surface area contributed by atoms with Crippen LogP contribution in [0.15, 0.2) is 46.9 Å². The molecule has 0 amide bonds. The van der Waals surface area contributed by atoms with Gasteiger partial charge < -0.3 is 4.42 Å². The summed E-state index contributed by atoms with van der Waals surface area (Å²) in [6.45, 7) is 4.07. The van der Waals surface area contributed by atoms with Crippen LogP contribution in [0.3, 0.4) is 0 Å². The third-order valence-electron chi connectivity index (χ3n) is 2.92. The first-order valence-electron chi connectivity index (χ1n) is 6.11. The Balaban J connectivity index is 0.00000147. The molecule has 103 valence electrons. The van der Waals surface area contributed by atoms with Crippen molar-refractivity contribution in [3.63, 3.8) is 0 Å². The van der Waals surface area contributed by atoms with Crippen molar-refractivity contribution in [2.45, 2.75) is 13.8 Å². The molecule has 20 heavy (non-hydrogen) atoms. The van der Waals surface area contributed by atoms with Gasteiger partial charge in [-0.15, -0.1) is 34.9 Å². The van der Waals surface area contributed by atoms with E-state index in [-0.39, 0.29) is 20.1 Å². The van der Waals surface area contributed by atoms with E-state index in [0.717, 1.165) is 16.7 Å². The van der Waals surface area contributed by atoms with Gasteiger partial charge in [0.1, 0.15) is 0 Å².